The van der Waals surface area contributed by atoms with Crippen molar-refractivity contribution in [1.82, 2.24) is 0 Å². The number of ether oxygens (including phenoxy) is 2. The molecule has 2 nitrogen and oxygen atoms in total. The lowest BCUT2D eigenvalue weighted by Gasteiger charge is -2.22. The van der Waals surface area contributed by atoms with Gasteiger partial charge in [0.1, 0.15) is 0 Å². The average molecular weight is 195 g/mol. The Morgan fingerprint density at radius 2 is 2.42 bits per heavy atom. The maximum Gasteiger partial charge on any atom is 0.157 e. The van der Waals surface area contributed by atoms with Crippen molar-refractivity contribution in [3.8, 4) is 0 Å². The molecule has 0 amide bonds. The zero-order valence-electron chi connectivity index (χ0n) is 9.22. The van der Waals surface area contributed by atoms with Crippen LogP contribution in [0.15, 0.2) is 0 Å². The van der Waals surface area contributed by atoms with E-state index in [1.165, 1.54) is 0 Å². The smallest absolute Gasteiger partial charge is 0.157 e. The van der Waals surface area contributed by atoms with Crippen molar-refractivity contribution in [1.29, 1.82) is 0 Å². The highest BCUT2D eigenvalue weighted by atomic mass is 35.5. The SMILES string of the molecule is [2H]C([2H])(Cl)CCCOC1CCCCO1. The normalized spacial score (nSPS) is 27.9. The van der Waals surface area contributed by atoms with Crippen LogP contribution in [0.25, 0.3) is 0 Å². The van der Waals surface area contributed by atoms with Gasteiger partial charge in [-0.05, 0) is 32.1 Å². The van der Waals surface area contributed by atoms with Gasteiger partial charge in [-0.15, -0.1) is 11.6 Å². The third-order valence-corrected chi connectivity index (χ3v) is 2.05. The molecule has 0 aliphatic carbocycles. The minimum atomic E-state index is -1.60. The largest absolute Gasteiger partial charge is 0.353 e. The summed E-state index contributed by atoms with van der Waals surface area (Å²) >= 11 is 5.40. The summed E-state index contributed by atoms with van der Waals surface area (Å²) < 4.78 is 25.0. The molecule has 12 heavy (non-hydrogen) atoms. The van der Waals surface area contributed by atoms with Gasteiger partial charge in [0.25, 0.3) is 0 Å². The molecule has 1 fully saturated rings. The molecule has 1 unspecified atom stereocenters. The molecular weight excluding hydrogens is 176 g/mol. The molecule has 1 aliphatic rings. The van der Waals surface area contributed by atoms with Crippen LogP contribution in [0.2, 0.25) is 0 Å². The van der Waals surface area contributed by atoms with Crippen molar-refractivity contribution in [3.63, 3.8) is 0 Å². The molecule has 1 heterocycles. The van der Waals surface area contributed by atoms with Crippen molar-refractivity contribution in [2.75, 3.05) is 19.0 Å². The van der Waals surface area contributed by atoms with Crippen LogP contribution < -0.4 is 0 Å². The van der Waals surface area contributed by atoms with E-state index < -0.39 is 5.83 Å². The molecule has 1 saturated heterocycles. The van der Waals surface area contributed by atoms with E-state index in [0.29, 0.717) is 19.4 Å². The third kappa shape index (κ3) is 4.29. The highest BCUT2D eigenvalue weighted by Crippen LogP contribution is 2.13. The summed E-state index contributed by atoms with van der Waals surface area (Å²) in [5.74, 6) is -1.60. The van der Waals surface area contributed by atoms with E-state index in [1.807, 2.05) is 0 Å². The Labute approximate surface area is 82.0 Å². The molecule has 1 atom stereocenters. The molecule has 0 bridgehead atoms. The summed E-state index contributed by atoms with van der Waals surface area (Å²) in [5, 5.41) is 0. The summed E-state index contributed by atoms with van der Waals surface area (Å²) in [7, 11) is 0. The molecule has 0 N–H and O–H groups in total. The molecule has 3 heteroatoms. The molecular formula is C9H17ClO2. The maximum atomic E-state index is 7.10. The van der Waals surface area contributed by atoms with E-state index in [4.69, 9.17) is 23.8 Å². The highest BCUT2D eigenvalue weighted by Gasteiger charge is 2.12. The second-order valence-electron chi connectivity index (χ2n) is 2.90. The van der Waals surface area contributed by atoms with Gasteiger partial charge in [0.15, 0.2) is 6.29 Å². The Morgan fingerprint density at radius 3 is 3.08 bits per heavy atom. The predicted molar refractivity (Wildman–Crippen MR) is 49.5 cm³/mol. The first-order chi connectivity index (χ1) is 6.58. The zero-order chi connectivity index (χ0) is 10.4. The maximum absolute atomic E-state index is 7.10. The van der Waals surface area contributed by atoms with E-state index in [0.717, 1.165) is 25.9 Å². The second kappa shape index (κ2) is 6.70. The van der Waals surface area contributed by atoms with Crippen LogP contribution in [-0.2, 0) is 9.47 Å². The van der Waals surface area contributed by atoms with Gasteiger partial charge < -0.3 is 9.47 Å². The zero-order valence-corrected chi connectivity index (χ0v) is 7.98. The van der Waals surface area contributed by atoms with E-state index in [2.05, 4.69) is 0 Å². The van der Waals surface area contributed by atoms with Crippen LogP contribution >= 0.6 is 11.6 Å². The number of hydrogen-bond donors (Lipinski definition) is 0. The number of halogens is 1. The quantitative estimate of drug-likeness (QED) is 0.495. The van der Waals surface area contributed by atoms with Gasteiger partial charge in [-0.25, -0.2) is 0 Å². The van der Waals surface area contributed by atoms with Crippen LogP contribution in [0.4, 0.5) is 0 Å². The standard InChI is InChI=1S/C9H17ClO2/c10-6-2-4-8-12-9-5-1-3-7-11-9/h9H,1-8H2/i6D2. The van der Waals surface area contributed by atoms with Gasteiger partial charge in [0.2, 0.25) is 0 Å². The Bertz CT molecular complexity index is 155. The van der Waals surface area contributed by atoms with Crippen LogP contribution in [0.3, 0.4) is 0 Å². The molecule has 0 spiro atoms. The first kappa shape index (κ1) is 7.60. The topological polar surface area (TPSA) is 18.5 Å². The first-order valence-electron chi connectivity index (χ1n) is 5.50. The van der Waals surface area contributed by atoms with E-state index >= 15 is 0 Å². The van der Waals surface area contributed by atoms with E-state index in [1.54, 1.807) is 0 Å². The van der Waals surface area contributed by atoms with E-state index in [-0.39, 0.29) is 6.29 Å². The van der Waals surface area contributed by atoms with Crippen LogP contribution in [0.5, 0.6) is 0 Å². The van der Waals surface area contributed by atoms with Crippen LogP contribution in [0.1, 0.15) is 34.8 Å². The first-order valence-corrected chi connectivity index (χ1v) is 4.88. The summed E-state index contributed by atoms with van der Waals surface area (Å²) in [4.78, 5) is 0. The summed E-state index contributed by atoms with van der Waals surface area (Å²) in [6.45, 7) is 1.30. The number of hydrogen-bond acceptors (Lipinski definition) is 2. The Kier molecular flexibility index (Phi) is 4.24. The van der Waals surface area contributed by atoms with Gasteiger partial charge in [-0.1, -0.05) is 0 Å². The van der Waals surface area contributed by atoms with Crippen molar-refractivity contribution in [3.05, 3.63) is 0 Å². The Balaban J connectivity index is 1.97. The van der Waals surface area contributed by atoms with Gasteiger partial charge >= 0.3 is 0 Å². The molecule has 0 aromatic carbocycles. The van der Waals surface area contributed by atoms with Crippen molar-refractivity contribution < 1.29 is 12.2 Å². The van der Waals surface area contributed by atoms with Gasteiger partial charge in [-0.2, -0.15) is 0 Å². The van der Waals surface area contributed by atoms with Gasteiger partial charge in [0.05, 0.1) is 0 Å². The Hall–Kier alpha value is 0.210. The van der Waals surface area contributed by atoms with Crippen LogP contribution in [0, 0.1) is 0 Å². The summed E-state index contributed by atoms with van der Waals surface area (Å²) in [6, 6.07) is 0. The lowest BCUT2D eigenvalue weighted by molar-refractivity contribution is -0.162. The van der Waals surface area contributed by atoms with Crippen molar-refractivity contribution in [2.45, 2.75) is 38.4 Å². The van der Waals surface area contributed by atoms with Gasteiger partial charge in [0, 0.05) is 21.8 Å². The average Bonchev–Trinajstić information content (AvgIpc) is 2.13. The molecule has 0 aromatic rings. The molecule has 0 saturated carbocycles. The fourth-order valence-corrected chi connectivity index (χ4v) is 1.33. The molecule has 1 aliphatic heterocycles. The van der Waals surface area contributed by atoms with Crippen molar-refractivity contribution in [2.24, 2.45) is 0 Å². The fraction of sp³-hybridized carbons (Fsp3) is 1.00. The lowest BCUT2D eigenvalue weighted by atomic mass is 10.2. The minimum Gasteiger partial charge on any atom is -0.353 e. The van der Waals surface area contributed by atoms with Crippen LogP contribution in [-0.4, -0.2) is 25.3 Å². The monoisotopic (exact) mass is 194 g/mol. The predicted octanol–water partition coefficient (Wildman–Crippen LogP) is 2.55. The molecule has 1 rings (SSSR count). The third-order valence-electron chi connectivity index (χ3n) is 1.86. The fourth-order valence-electron chi connectivity index (χ4n) is 1.20. The molecule has 0 radical (unpaired) electrons. The number of alkyl halides is 1. The highest BCUT2D eigenvalue weighted by molar-refractivity contribution is 6.17. The van der Waals surface area contributed by atoms with Gasteiger partial charge in [-0.3, -0.25) is 0 Å². The summed E-state index contributed by atoms with van der Waals surface area (Å²) in [5.41, 5.74) is 0. The lowest BCUT2D eigenvalue weighted by Crippen LogP contribution is -2.22. The molecule has 0 aromatic heterocycles. The second-order valence-corrected chi connectivity index (χ2v) is 3.17. The molecule has 72 valence electrons. The minimum absolute atomic E-state index is 0.0788. The Morgan fingerprint density at radius 1 is 1.50 bits per heavy atom. The van der Waals surface area contributed by atoms with Crippen molar-refractivity contribution >= 4 is 11.6 Å². The number of rotatable bonds is 5. The van der Waals surface area contributed by atoms with E-state index in [9.17, 15) is 0 Å². The summed E-state index contributed by atoms with van der Waals surface area (Å²) in [6.07, 6.45) is 4.10.